The number of likely N-dealkylation sites (tertiary alicyclic amines) is 1. The van der Waals surface area contributed by atoms with Crippen LogP contribution < -0.4 is 5.32 Å². The molecule has 3 heterocycles. The van der Waals surface area contributed by atoms with E-state index in [9.17, 15) is 14.4 Å². The molecule has 1 aromatic heterocycles. The summed E-state index contributed by atoms with van der Waals surface area (Å²) < 4.78 is 5.83. The summed E-state index contributed by atoms with van der Waals surface area (Å²) in [6, 6.07) is 19.1. The quantitative estimate of drug-likeness (QED) is 0.594. The number of carbonyl (C=O) groups is 3. The van der Waals surface area contributed by atoms with Gasteiger partial charge in [0.25, 0.3) is 5.91 Å². The molecule has 3 aliphatic rings. The minimum Gasteiger partial charge on any atom is -0.449 e. The van der Waals surface area contributed by atoms with E-state index in [0.717, 1.165) is 35.1 Å². The lowest BCUT2D eigenvalue weighted by Gasteiger charge is -2.27. The van der Waals surface area contributed by atoms with Gasteiger partial charge in [-0.15, -0.1) is 0 Å². The number of aromatic nitrogens is 1. The molecule has 3 aromatic rings. The average Bonchev–Trinajstić information content (AvgIpc) is 3.54. The molecule has 1 saturated carbocycles. The summed E-state index contributed by atoms with van der Waals surface area (Å²) in [5.41, 5.74) is 3.53. The van der Waals surface area contributed by atoms with E-state index in [1.165, 1.54) is 0 Å². The van der Waals surface area contributed by atoms with Crippen molar-refractivity contribution in [3.05, 3.63) is 89.2 Å². The van der Waals surface area contributed by atoms with Gasteiger partial charge in [0, 0.05) is 37.3 Å². The molecule has 0 radical (unpaired) electrons. The maximum Gasteiger partial charge on any atom is 0.339 e. The summed E-state index contributed by atoms with van der Waals surface area (Å²) in [6.45, 7) is 0.974. The van der Waals surface area contributed by atoms with Crippen molar-refractivity contribution in [1.82, 2.24) is 15.2 Å². The van der Waals surface area contributed by atoms with Gasteiger partial charge >= 0.3 is 5.97 Å². The lowest BCUT2D eigenvalue weighted by atomic mass is 9.91. The third kappa shape index (κ3) is 3.33. The van der Waals surface area contributed by atoms with Crippen molar-refractivity contribution in [2.75, 3.05) is 20.1 Å². The van der Waals surface area contributed by atoms with Crippen LogP contribution in [0.1, 0.15) is 51.2 Å². The van der Waals surface area contributed by atoms with Crippen molar-refractivity contribution < 1.29 is 19.1 Å². The Labute approximate surface area is 203 Å². The van der Waals surface area contributed by atoms with Crippen LogP contribution in [0.3, 0.4) is 0 Å². The Kier molecular flexibility index (Phi) is 4.78. The van der Waals surface area contributed by atoms with Crippen molar-refractivity contribution in [1.29, 1.82) is 0 Å². The third-order valence-electron chi connectivity index (χ3n) is 7.60. The number of hydrogen-bond acceptors (Lipinski definition) is 5. The van der Waals surface area contributed by atoms with Crippen molar-refractivity contribution in [2.24, 2.45) is 0 Å². The molecular weight excluding hydrogens is 442 g/mol. The molecule has 2 amide bonds. The fourth-order valence-electron chi connectivity index (χ4n) is 5.47. The van der Waals surface area contributed by atoms with Crippen LogP contribution in [0.2, 0.25) is 0 Å². The number of benzene rings is 2. The molecule has 35 heavy (non-hydrogen) atoms. The lowest BCUT2D eigenvalue weighted by Crippen LogP contribution is -2.40. The van der Waals surface area contributed by atoms with Crippen LogP contribution in [-0.4, -0.2) is 47.8 Å². The molecule has 1 spiro atoms. The van der Waals surface area contributed by atoms with E-state index in [0.29, 0.717) is 30.8 Å². The van der Waals surface area contributed by atoms with Crippen LogP contribution in [0.4, 0.5) is 0 Å². The number of rotatable bonds is 4. The first-order chi connectivity index (χ1) is 17.0. The lowest BCUT2D eigenvalue weighted by molar-refractivity contribution is -0.134. The van der Waals surface area contributed by atoms with Crippen molar-refractivity contribution >= 4 is 17.8 Å². The second kappa shape index (κ2) is 7.77. The molecule has 0 bridgehead atoms. The van der Waals surface area contributed by atoms with E-state index >= 15 is 0 Å². The van der Waals surface area contributed by atoms with Gasteiger partial charge in [0.2, 0.25) is 5.91 Å². The number of pyridine rings is 1. The predicted octanol–water partition coefficient (Wildman–Crippen LogP) is 3.44. The molecule has 1 N–H and O–H groups in total. The number of fused-ring (bicyclic) bond motifs is 2. The smallest absolute Gasteiger partial charge is 0.339 e. The number of esters is 1. The third-order valence-corrected chi connectivity index (χ3v) is 7.60. The Bertz CT molecular complexity index is 1350. The van der Waals surface area contributed by atoms with E-state index in [4.69, 9.17) is 4.74 Å². The van der Waals surface area contributed by atoms with Gasteiger partial charge in [-0.2, -0.15) is 0 Å². The largest absolute Gasteiger partial charge is 0.449 e. The molecular formula is C28H25N3O4. The first kappa shape index (κ1) is 21.5. The number of amides is 2. The Hall–Kier alpha value is -4.00. The van der Waals surface area contributed by atoms with Crippen LogP contribution >= 0.6 is 0 Å². The standard InChI is InChI=1S/C28H25N3O4/c1-29-24(32)23-11-8-19(16-30-23)18-6-9-20(10-7-18)27(12-13-27)26(34)31-15-14-28(17-31)22-5-3-2-4-21(22)25(33)35-28/h2-11,16H,12-15,17H2,1H3,(H,29,32). The van der Waals surface area contributed by atoms with E-state index in [1.807, 2.05) is 53.4 Å². The SMILES string of the molecule is CNC(=O)c1ccc(-c2ccc(C3(C(=O)N4CCC5(C4)OC(=O)c4ccccc45)CC3)cc2)cn1. The molecule has 7 heteroatoms. The summed E-state index contributed by atoms with van der Waals surface area (Å²) >= 11 is 0. The maximum absolute atomic E-state index is 13.7. The van der Waals surface area contributed by atoms with Gasteiger partial charge in [-0.3, -0.25) is 14.6 Å². The van der Waals surface area contributed by atoms with Gasteiger partial charge in [-0.25, -0.2) is 4.79 Å². The van der Waals surface area contributed by atoms with Crippen LogP contribution in [-0.2, 0) is 20.5 Å². The molecule has 2 aliphatic heterocycles. The Morgan fingerprint density at radius 3 is 2.40 bits per heavy atom. The normalized spacial score (nSPS) is 21.5. The number of nitrogens with one attached hydrogen (secondary N) is 1. The van der Waals surface area contributed by atoms with Crippen molar-refractivity contribution in [3.8, 4) is 11.1 Å². The van der Waals surface area contributed by atoms with Crippen LogP contribution in [0.15, 0.2) is 66.9 Å². The van der Waals surface area contributed by atoms with Gasteiger partial charge in [0.05, 0.1) is 17.5 Å². The monoisotopic (exact) mass is 467 g/mol. The first-order valence-corrected chi connectivity index (χ1v) is 11.9. The van der Waals surface area contributed by atoms with Gasteiger partial charge in [0.15, 0.2) is 5.60 Å². The van der Waals surface area contributed by atoms with E-state index in [-0.39, 0.29) is 17.8 Å². The van der Waals surface area contributed by atoms with E-state index < -0.39 is 11.0 Å². The van der Waals surface area contributed by atoms with Gasteiger partial charge < -0.3 is 15.0 Å². The number of nitrogens with zero attached hydrogens (tertiary/aromatic N) is 2. The highest BCUT2D eigenvalue weighted by molar-refractivity contribution is 5.96. The van der Waals surface area contributed by atoms with Gasteiger partial charge in [-0.1, -0.05) is 48.5 Å². The number of ether oxygens (including phenoxy) is 1. The zero-order chi connectivity index (χ0) is 24.2. The Balaban J connectivity index is 1.20. The fourth-order valence-corrected chi connectivity index (χ4v) is 5.47. The predicted molar refractivity (Wildman–Crippen MR) is 129 cm³/mol. The van der Waals surface area contributed by atoms with Crippen molar-refractivity contribution in [2.45, 2.75) is 30.3 Å². The van der Waals surface area contributed by atoms with Crippen LogP contribution in [0.25, 0.3) is 11.1 Å². The Morgan fingerprint density at radius 1 is 0.971 bits per heavy atom. The molecule has 2 fully saturated rings. The van der Waals surface area contributed by atoms with E-state index in [2.05, 4.69) is 10.3 Å². The van der Waals surface area contributed by atoms with Crippen LogP contribution in [0.5, 0.6) is 0 Å². The molecule has 176 valence electrons. The Morgan fingerprint density at radius 2 is 1.71 bits per heavy atom. The highest BCUT2D eigenvalue weighted by Gasteiger charge is 2.57. The van der Waals surface area contributed by atoms with Crippen molar-refractivity contribution in [3.63, 3.8) is 0 Å². The highest BCUT2D eigenvalue weighted by Crippen LogP contribution is 2.52. The maximum atomic E-state index is 13.7. The topological polar surface area (TPSA) is 88.6 Å². The highest BCUT2D eigenvalue weighted by atomic mass is 16.6. The number of hydrogen-bond donors (Lipinski definition) is 1. The van der Waals surface area contributed by atoms with Gasteiger partial charge in [0.1, 0.15) is 5.69 Å². The van der Waals surface area contributed by atoms with E-state index in [1.54, 1.807) is 25.4 Å². The minimum atomic E-state index is -0.725. The zero-order valence-corrected chi connectivity index (χ0v) is 19.4. The fraction of sp³-hybridized carbons (Fsp3) is 0.286. The summed E-state index contributed by atoms with van der Waals surface area (Å²) in [5.74, 6) is -0.413. The minimum absolute atomic E-state index is 0.110. The molecule has 1 aliphatic carbocycles. The zero-order valence-electron chi connectivity index (χ0n) is 19.4. The summed E-state index contributed by atoms with van der Waals surface area (Å²) in [6.07, 6.45) is 3.93. The molecule has 7 nitrogen and oxygen atoms in total. The average molecular weight is 468 g/mol. The second-order valence-corrected chi connectivity index (χ2v) is 9.58. The molecule has 2 aromatic carbocycles. The van der Waals surface area contributed by atoms with Crippen LogP contribution in [0, 0.1) is 0 Å². The summed E-state index contributed by atoms with van der Waals surface area (Å²) in [5, 5.41) is 2.57. The first-order valence-electron chi connectivity index (χ1n) is 11.9. The molecule has 6 rings (SSSR count). The summed E-state index contributed by atoms with van der Waals surface area (Å²) in [4.78, 5) is 43.9. The number of carbonyl (C=O) groups excluding carboxylic acids is 3. The molecule has 1 atom stereocenters. The van der Waals surface area contributed by atoms with Gasteiger partial charge in [-0.05, 0) is 36.1 Å². The summed E-state index contributed by atoms with van der Waals surface area (Å²) in [7, 11) is 1.58. The molecule has 1 unspecified atom stereocenters. The molecule has 1 saturated heterocycles. The second-order valence-electron chi connectivity index (χ2n) is 9.58.